The minimum absolute atomic E-state index is 0.170. The molecule has 1 aromatic carbocycles. The van der Waals surface area contributed by atoms with Gasteiger partial charge in [-0.25, -0.2) is 17.9 Å². The maximum atomic E-state index is 12.3. The minimum Gasteiger partial charge on any atom is -0.423 e. The zero-order chi connectivity index (χ0) is 17.7. The highest BCUT2D eigenvalue weighted by Crippen LogP contribution is 2.17. The lowest BCUT2D eigenvalue weighted by molar-refractivity contribution is 0.268. The molecule has 0 atom stereocenters. The fourth-order valence-corrected chi connectivity index (χ4v) is 3.36. The van der Waals surface area contributed by atoms with Crippen LogP contribution in [0, 0.1) is 0 Å². The first kappa shape index (κ1) is 18.6. The molecule has 132 valence electrons. The number of nitrogens with zero attached hydrogens (tertiary/aromatic N) is 1. The van der Waals surface area contributed by atoms with Crippen LogP contribution < -0.4 is 10.3 Å². The van der Waals surface area contributed by atoms with Gasteiger partial charge in [0.2, 0.25) is 10.0 Å². The quantitative estimate of drug-likeness (QED) is 0.582. The summed E-state index contributed by atoms with van der Waals surface area (Å²) in [6, 6.07) is 7.77. The average Bonchev–Trinajstić information content (AvgIpc) is 2.53. The average molecular weight is 352 g/mol. The summed E-state index contributed by atoms with van der Waals surface area (Å²) < 4.78 is 32.3. The second kappa shape index (κ2) is 7.92. The molecule has 1 aromatic heterocycles. The van der Waals surface area contributed by atoms with Crippen LogP contribution in [0.5, 0.6) is 0 Å². The van der Waals surface area contributed by atoms with Crippen LogP contribution >= 0.6 is 0 Å². The normalized spacial score (nSPS) is 12.4. The lowest BCUT2D eigenvalue weighted by Crippen LogP contribution is -2.29. The van der Waals surface area contributed by atoms with E-state index in [2.05, 4.69) is 30.5 Å². The third-order valence-electron chi connectivity index (χ3n) is 4.01. The molecule has 2 aromatic rings. The van der Waals surface area contributed by atoms with Crippen molar-refractivity contribution in [2.24, 2.45) is 0 Å². The van der Waals surface area contributed by atoms with Gasteiger partial charge < -0.3 is 9.32 Å². The minimum atomic E-state index is -3.56. The van der Waals surface area contributed by atoms with E-state index in [1.54, 1.807) is 6.07 Å². The SMILES string of the molecule is CC(C)N(C)CCCCNS(=O)(=O)c1ccc2oc(=O)ccc2c1. The molecule has 0 amide bonds. The maximum Gasteiger partial charge on any atom is 0.336 e. The van der Waals surface area contributed by atoms with Gasteiger partial charge in [-0.1, -0.05) is 0 Å². The molecule has 0 radical (unpaired) electrons. The Bertz CT molecular complexity index is 843. The fraction of sp³-hybridized carbons (Fsp3) is 0.471. The topological polar surface area (TPSA) is 79.6 Å². The number of sulfonamides is 1. The maximum absolute atomic E-state index is 12.3. The van der Waals surface area contributed by atoms with Gasteiger partial charge in [0, 0.05) is 24.0 Å². The Morgan fingerprint density at radius 1 is 1.17 bits per heavy atom. The van der Waals surface area contributed by atoms with Crippen molar-refractivity contribution < 1.29 is 12.8 Å². The van der Waals surface area contributed by atoms with Crippen LogP contribution in [0.4, 0.5) is 0 Å². The molecule has 0 bridgehead atoms. The van der Waals surface area contributed by atoms with Crippen LogP contribution in [0.15, 0.2) is 44.4 Å². The molecule has 0 saturated carbocycles. The second-order valence-corrected chi connectivity index (χ2v) is 7.90. The second-order valence-electron chi connectivity index (χ2n) is 6.13. The van der Waals surface area contributed by atoms with Crippen molar-refractivity contribution in [2.75, 3.05) is 20.1 Å². The van der Waals surface area contributed by atoms with E-state index in [0.29, 0.717) is 23.6 Å². The van der Waals surface area contributed by atoms with Gasteiger partial charge in [0.05, 0.1) is 4.90 Å². The number of fused-ring (bicyclic) bond motifs is 1. The molecule has 2 rings (SSSR count). The first-order valence-corrected chi connectivity index (χ1v) is 9.52. The summed E-state index contributed by atoms with van der Waals surface area (Å²) in [5.41, 5.74) is -0.0826. The molecule has 0 aliphatic rings. The molecule has 0 unspecified atom stereocenters. The monoisotopic (exact) mass is 352 g/mol. The fourth-order valence-electron chi connectivity index (χ4n) is 2.25. The summed E-state index contributed by atoms with van der Waals surface area (Å²) in [7, 11) is -1.50. The van der Waals surface area contributed by atoms with Crippen LogP contribution in [0.25, 0.3) is 11.0 Å². The summed E-state index contributed by atoms with van der Waals surface area (Å²) in [6.07, 6.45) is 1.71. The van der Waals surface area contributed by atoms with Gasteiger partial charge in [0.25, 0.3) is 0 Å². The number of rotatable bonds is 8. The first-order chi connectivity index (χ1) is 11.3. The molecule has 1 heterocycles. The van der Waals surface area contributed by atoms with Crippen molar-refractivity contribution in [1.29, 1.82) is 0 Å². The van der Waals surface area contributed by atoms with Crippen LogP contribution in [-0.2, 0) is 10.0 Å². The highest BCUT2D eigenvalue weighted by molar-refractivity contribution is 7.89. The Morgan fingerprint density at radius 3 is 2.62 bits per heavy atom. The van der Waals surface area contributed by atoms with Crippen molar-refractivity contribution in [3.05, 3.63) is 40.8 Å². The molecule has 6 nitrogen and oxygen atoms in total. The number of unbranched alkanes of at least 4 members (excludes halogenated alkanes) is 1. The Morgan fingerprint density at radius 2 is 1.92 bits per heavy atom. The van der Waals surface area contributed by atoms with Crippen LogP contribution in [0.1, 0.15) is 26.7 Å². The van der Waals surface area contributed by atoms with Crippen molar-refractivity contribution in [3.8, 4) is 0 Å². The van der Waals surface area contributed by atoms with Crippen LogP contribution in [-0.4, -0.2) is 39.5 Å². The Hall–Kier alpha value is -1.70. The zero-order valence-corrected chi connectivity index (χ0v) is 15.1. The van der Waals surface area contributed by atoms with E-state index in [-0.39, 0.29) is 4.90 Å². The molecule has 0 aliphatic carbocycles. The molecule has 1 N–H and O–H groups in total. The van der Waals surface area contributed by atoms with Crippen molar-refractivity contribution in [1.82, 2.24) is 9.62 Å². The van der Waals surface area contributed by atoms with E-state index in [4.69, 9.17) is 4.42 Å². The predicted octanol–water partition coefficient (Wildman–Crippen LogP) is 2.19. The summed E-state index contributed by atoms with van der Waals surface area (Å²) in [6.45, 7) is 5.60. The molecule has 0 saturated heterocycles. The van der Waals surface area contributed by atoms with Gasteiger partial charge in [-0.3, -0.25) is 0 Å². The van der Waals surface area contributed by atoms with Gasteiger partial charge in [0.1, 0.15) is 5.58 Å². The molecule has 0 fully saturated rings. The van der Waals surface area contributed by atoms with Gasteiger partial charge in [-0.15, -0.1) is 0 Å². The summed E-state index contributed by atoms with van der Waals surface area (Å²) in [5, 5.41) is 0.580. The van der Waals surface area contributed by atoms with Crippen LogP contribution in [0.2, 0.25) is 0 Å². The molecular formula is C17H24N2O4S. The van der Waals surface area contributed by atoms with Crippen molar-refractivity contribution in [3.63, 3.8) is 0 Å². The lowest BCUT2D eigenvalue weighted by atomic mass is 10.2. The van der Waals surface area contributed by atoms with Gasteiger partial charge in [-0.05, 0) is 64.5 Å². The van der Waals surface area contributed by atoms with E-state index in [0.717, 1.165) is 19.4 Å². The third-order valence-corrected chi connectivity index (χ3v) is 5.47. The number of hydrogen-bond donors (Lipinski definition) is 1. The van der Waals surface area contributed by atoms with E-state index in [9.17, 15) is 13.2 Å². The Labute approximate surface area is 142 Å². The van der Waals surface area contributed by atoms with Gasteiger partial charge in [-0.2, -0.15) is 0 Å². The van der Waals surface area contributed by atoms with Crippen molar-refractivity contribution >= 4 is 21.0 Å². The lowest BCUT2D eigenvalue weighted by Gasteiger charge is -2.20. The zero-order valence-electron chi connectivity index (χ0n) is 14.3. The van der Waals surface area contributed by atoms with Gasteiger partial charge >= 0.3 is 5.63 Å². The highest BCUT2D eigenvalue weighted by atomic mass is 32.2. The number of nitrogens with one attached hydrogen (secondary N) is 1. The summed E-state index contributed by atoms with van der Waals surface area (Å²) in [4.78, 5) is 13.6. The molecule has 0 aliphatic heterocycles. The molecular weight excluding hydrogens is 328 g/mol. The smallest absolute Gasteiger partial charge is 0.336 e. The highest BCUT2D eigenvalue weighted by Gasteiger charge is 2.14. The standard InChI is InChI=1S/C17H24N2O4S/c1-13(2)19(3)11-5-4-10-18-24(21,22)15-7-8-16-14(12-15)6-9-17(20)23-16/h6-9,12-13,18H,4-5,10-11H2,1-3H3. The van der Waals surface area contributed by atoms with E-state index < -0.39 is 15.6 Å². The first-order valence-electron chi connectivity index (χ1n) is 8.03. The van der Waals surface area contributed by atoms with E-state index >= 15 is 0 Å². The largest absolute Gasteiger partial charge is 0.423 e. The van der Waals surface area contributed by atoms with E-state index in [1.165, 1.54) is 24.3 Å². The third kappa shape index (κ3) is 4.90. The van der Waals surface area contributed by atoms with E-state index in [1.807, 2.05) is 0 Å². The van der Waals surface area contributed by atoms with Gasteiger partial charge in [0.15, 0.2) is 0 Å². The summed E-state index contributed by atoms with van der Waals surface area (Å²) in [5.74, 6) is 0. The Kier molecular flexibility index (Phi) is 6.15. The number of benzene rings is 1. The molecule has 24 heavy (non-hydrogen) atoms. The predicted molar refractivity (Wildman–Crippen MR) is 94.7 cm³/mol. The summed E-state index contributed by atoms with van der Waals surface area (Å²) >= 11 is 0. The number of hydrogen-bond acceptors (Lipinski definition) is 5. The molecule has 7 heteroatoms. The van der Waals surface area contributed by atoms with Crippen LogP contribution in [0.3, 0.4) is 0 Å². The van der Waals surface area contributed by atoms with Crippen molar-refractivity contribution in [2.45, 2.75) is 37.6 Å². The Balaban J connectivity index is 1.95. The molecule has 0 spiro atoms.